The third-order valence-electron chi connectivity index (χ3n) is 1.38. The molecule has 1 aromatic rings. The Balaban J connectivity index is 2.80. The van der Waals surface area contributed by atoms with Crippen molar-refractivity contribution in [1.29, 1.82) is 0 Å². The molecule has 1 aliphatic heterocycles. The summed E-state index contributed by atoms with van der Waals surface area (Å²) in [4.78, 5) is 7.48. The molecule has 14 heavy (non-hydrogen) atoms. The smallest absolute Gasteiger partial charge is 0.226 e. The van der Waals surface area contributed by atoms with Crippen molar-refractivity contribution >= 4 is 21.9 Å². The summed E-state index contributed by atoms with van der Waals surface area (Å²) in [6.45, 7) is -6.64. The van der Waals surface area contributed by atoms with Crippen molar-refractivity contribution in [3.8, 4) is 0 Å². The van der Waals surface area contributed by atoms with E-state index in [9.17, 15) is 5.11 Å². The van der Waals surface area contributed by atoms with Crippen LogP contribution in [0.1, 0.15) is 25.1 Å². The van der Waals surface area contributed by atoms with E-state index in [0.29, 0.717) is 0 Å². The second-order valence-corrected chi connectivity index (χ2v) is 3.15. The maximum Gasteiger partial charge on any atom is 0.226 e. The third kappa shape index (κ3) is 2.22. The van der Waals surface area contributed by atoms with Crippen LogP contribution in [0, 0.1) is 0 Å². The van der Waals surface area contributed by atoms with Crippen LogP contribution < -0.4 is 4.90 Å². The van der Waals surface area contributed by atoms with Gasteiger partial charge in [0.2, 0.25) is 5.95 Å². The minimum Gasteiger partial charge on any atom is -0.393 e. The summed E-state index contributed by atoms with van der Waals surface area (Å²) >= 11 is 2.99. The standard InChI is InChI=1S/C9H12BrN3O/c10-8-1-4-11-9(12-8)13-5-2-7(14)3-6-13/h1,4,7,14H,2-3,5-6H2/i2D2,3D2,5D2,6D2,7D. The Morgan fingerprint density at radius 1 is 1.64 bits per heavy atom. The molecular weight excluding hydrogens is 246 g/mol. The summed E-state index contributed by atoms with van der Waals surface area (Å²) in [5, 5.41) is 9.98. The van der Waals surface area contributed by atoms with Gasteiger partial charge < -0.3 is 10.0 Å². The number of hydrogen-bond acceptors (Lipinski definition) is 4. The normalized spacial score (nSPS) is 44.7. The molecule has 0 amide bonds. The fourth-order valence-corrected chi connectivity index (χ4v) is 1.09. The van der Waals surface area contributed by atoms with Gasteiger partial charge in [0.25, 0.3) is 0 Å². The van der Waals surface area contributed by atoms with E-state index in [4.69, 9.17) is 12.3 Å². The van der Waals surface area contributed by atoms with E-state index in [-0.39, 0.29) is 9.50 Å². The van der Waals surface area contributed by atoms with Crippen molar-refractivity contribution in [1.82, 2.24) is 9.97 Å². The van der Waals surface area contributed by atoms with E-state index in [1.165, 1.54) is 6.07 Å². The Hall–Kier alpha value is -0.680. The first-order valence-corrected chi connectivity index (χ1v) is 4.43. The Labute approximate surface area is 104 Å². The number of hydrogen-bond donors (Lipinski definition) is 1. The van der Waals surface area contributed by atoms with Gasteiger partial charge in [-0.3, -0.25) is 0 Å². The SMILES string of the molecule is [2H]C1([2H])N(c2nccc(Br)n2)C([2H])([2H])C([2H])([2H])C([2H])(O)C1([2H])[2H]. The molecule has 2 heterocycles. The number of halogens is 1. The monoisotopic (exact) mass is 266 g/mol. The number of aliphatic hydroxyl groups is 1. The molecule has 0 saturated carbocycles. The first-order valence-electron chi connectivity index (χ1n) is 8.13. The number of piperidine rings is 1. The van der Waals surface area contributed by atoms with Crippen molar-refractivity contribution in [3.05, 3.63) is 16.9 Å². The number of rotatable bonds is 1. The Morgan fingerprint density at radius 3 is 3.00 bits per heavy atom. The molecule has 5 heteroatoms. The predicted octanol–water partition coefficient (Wildman–Crippen LogP) is 1.20. The molecule has 0 bridgehead atoms. The van der Waals surface area contributed by atoms with Gasteiger partial charge in [-0.15, -0.1) is 0 Å². The van der Waals surface area contributed by atoms with Gasteiger partial charge in [0, 0.05) is 30.2 Å². The fraction of sp³-hybridized carbons (Fsp3) is 0.556. The average molecular weight is 267 g/mol. The van der Waals surface area contributed by atoms with Crippen molar-refractivity contribution in [2.24, 2.45) is 0 Å². The molecular formula is C9H12BrN3O. The molecule has 2 rings (SSSR count). The number of anilines is 1. The van der Waals surface area contributed by atoms with E-state index < -0.39 is 37.8 Å². The van der Waals surface area contributed by atoms with Gasteiger partial charge in [-0.1, -0.05) is 0 Å². The summed E-state index contributed by atoms with van der Waals surface area (Å²) in [7, 11) is 0. The molecule has 1 aliphatic rings. The summed E-state index contributed by atoms with van der Waals surface area (Å²) in [5.74, 6) is -0.627. The number of aromatic nitrogens is 2. The van der Waals surface area contributed by atoms with E-state index in [1.807, 2.05) is 0 Å². The highest BCUT2D eigenvalue weighted by Crippen LogP contribution is 2.17. The Bertz CT molecular complexity index is 608. The third-order valence-corrected chi connectivity index (χ3v) is 1.82. The van der Waals surface area contributed by atoms with Gasteiger partial charge >= 0.3 is 0 Å². The van der Waals surface area contributed by atoms with Crippen LogP contribution in [0.25, 0.3) is 0 Å². The quantitative estimate of drug-likeness (QED) is 0.777. The highest BCUT2D eigenvalue weighted by molar-refractivity contribution is 9.10. The fourth-order valence-electron chi connectivity index (χ4n) is 0.812. The minimum atomic E-state index is -3.70. The molecule has 1 fully saturated rings. The van der Waals surface area contributed by atoms with Gasteiger partial charge in [0.1, 0.15) is 4.60 Å². The molecule has 0 spiro atoms. The van der Waals surface area contributed by atoms with E-state index >= 15 is 0 Å². The zero-order valence-corrected chi connectivity index (χ0v) is 8.41. The molecule has 0 unspecified atom stereocenters. The zero-order chi connectivity index (χ0) is 18.1. The van der Waals surface area contributed by atoms with E-state index in [0.717, 1.165) is 6.20 Å². The molecule has 1 saturated heterocycles. The molecule has 0 aliphatic carbocycles. The molecule has 0 radical (unpaired) electrons. The van der Waals surface area contributed by atoms with Crippen molar-refractivity contribution in [3.63, 3.8) is 0 Å². The lowest BCUT2D eigenvalue weighted by Gasteiger charge is -2.29. The predicted molar refractivity (Wildman–Crippen MR) is 57.2 cm³/mol. The van der Waals surface area contributed by atoms with Crippen molar-refractivity contribution in [2.45, 2.75) is 18.8 Å². The zero-order valence-electron chi connectivity index (χ0n) is 15.8. The van der Waals surface area contributed by atoms with Crippen LogP contribution in [-0.2, 0) is 0 Å². The molecule has 1 N–H and O–H groups in total. The van der Waals surface area contributed by atoms with Gasteiger partial charge in [0.15, 0.2) is 0 Å². The van der Waals surface area contributed by atoms with Crippen LogP contribution in [0.5, 0.6) is 0 Å². The van der Waals surface area contributed by atoms with Gasteiger partial charge in [0.05, 0.1) is 7.45 Å². The molecule has 4 nitrogen and oxygen atoms in total. The van der Waals surface area contributed by atoms with Gasteiger partial charge in [-0.2, -0.15) is 0 Å². The molecule has 0 aromatic carbocycles. The van der Waals surface area contributed by atoms with Crippen LogP contribution in [0.15, 0.2) is 16.9 Å². The summed E-state index contributed by atoms with van der Waals surface area (Å²) in [6, 6.07) is 1.36. The van der Waals surface area contributed by atoms with Crippen molar-refractivity contribution < 1.29 is 17.4 Å². The lowest BCUT2D eigenvalue weighted by molar-refractivity contribution is 0.145. The summed E-state index contributed by atoms with van der Waals surface area (Å²) < 4.78 is 70.3. The summed E-state index contributed by atoms with van der Waals surface area (Å²) in [6.07, 6.45) is -9.55. The van der Waals surface area contributed by atoms with Crippen LogP contribution in [0.4, 0.5) is 5.95 Å². The highest BCUT2D eigenvalue weighted by atomic mass is 79.9. The molecule has 0 atom stereocenters. The molecule has 1 aromatic heterocycles. The Morgan fingerprint density at radius 2 is 2.36 bits per heavy atom. The van der Waals surface area contributed by atoms with E-state index in [2.05, 4.69) is 25.9 Å². The summed E-state index contributed by atoms with van der Waals surface area (Å²) in [5.41, 5.74) is 0. The van der Waals surface area contributed by atoms with Gasteiger partial charge in [-0.25, -0.2) is 9.97 Å². The maximum absolute atomic E-state index is 9.98. The largest absolute Gasteiger partial charge is 0.393 e. The maximum atomic E-state index is 9.98. The Kier molecular flexibility index (Phi) is 1.12. The topological polar surface area (TPSA) is 49.2 Å². The minimum absolute atomic E-state index is 0.0772. The van der Waals surface area contributed by atoms with Gasteiger partial charge in [-0.05, 0) is 34.7 Å². The average Bonchev–Trinajstić information content (AvgIpc) is 2.36. The van der Waals surface area contributed by atoms with Crippen LogP contribution in [-0.4, -0.2) is 34.1 Å². The second-order valence-electron chi connectivity index (χ2n) is 2.34. The molecule has 76 valence electrons. The lowest BCUT2D eigenvalue weighted by atomic mass is 10.1. The van der Waals surface area contributed by atoms with Crippen molar-refractivity contribution in [2.75, 3.05) is 17.9 Å². The highest BCUT2D eigenvalue weighted by Gasteiger charge is 2.18. The lowest BCUT2D eigenvalue weighted by Crippen LogP contribution is -2.36. The van der Waals surface area contributed by atoms with Crippen LogP contribution in [0.2, 0.25) is 0 Å². The second kappa shape index (κ2) is 4.23. The number of nitrogens with zero attached hydrogens (tertiary/aromatic N) is 3. The first kappa shape index (κ1) is 3.72. The van der Waals surface area contributed by atoms with E-state index in [1.54, 1.807) is 0 Å². The first-order chi connectivity index (χ1) is 10.1. The van der Waals surface area contributed by atoms with Crippen LogP contribution in [0.3, 0.4) is 0 Å². The van der Waals surface area contributed by atoms with Crippen LogP contribution >= 0.6 is 15.9 Å².